The minimum Gasteiger partial charge on any atom is -0.494 e. The summed E-state index contributed by atoms with van der Waals surface area (Å²) >= 11 is 1.61. The number of nitrogens with zero attached hydrogens (tertiary/aromatic N) is 1. The van der Waals surface area contributed by atoms with E-state index in [1.54, 1.807) is 24.5 Å². The molecule has 31 heavy (non-hydrogen) atoms. The summed E-state index contributed by atoms with van der Waals surface area (Å²) in [6.07, 6.45) is 6.70. The fourth-order valence-corrected chi connectivity index (χ4v) is 5.21. The quantitative estimate of drug-likeness (QED) is 0.444. The number of aromatic nitrogens is 1. The molecule has 1 aliphatic heterocycles. The van der Waals surface area contributed by atoms with E-state index in [9.17, 15) is 4.79 Å². The van der Waals surface area contributed by atoms with Gasteiger partial charge in [0.1, 0.15) is 10.8 Å². The number of fused-ring (bicyclic) bond motifs is 1. The second-order valence-corrected chi connectivity index (χ2v) is 9.00. The van der Waals surface area contributed by atoms with Crippen LogP contribution in [0.1, 0.15) is 59.5 Å². The van der Waals surface area contributed by atoms with Gasteiger partial charge in [-0.25, -0.2) is 4.98 Å². The van der Waals surface area contributed by atoms with Crippen LogP contribution in [-0.4, -0.2) is 18.0 Å². The predicted molar refractivity (Wildman–Crippen MR) is 125 cm³/mol. The highest BCUT2D eigenvalue weighted by molar-refractivity contribution is 7.13. The third kappa shape index (κ3) is 4.10. The van der Waals surface area contributed by atoms with Crippen LogP contribution >= 0.6 is 11.3 Å². The van der Waals surface area contributed by atoms with Gasteiger partial charge in [0.15, 0.2) is 5.82 Å². The van der Waals surface area contributed by atoms with Crippen molar-refractivity contribution in [3.63, 3.8) is 0 Å². The van der Waals surface area contributed by atoms with Gasteiger partial charge in [0.25, 0.3) is 5.91 Å². The highest BCUT2D eigenvalue weighted by atomic mass is 32.1. The molecule has 6 nitrogen and oxygen atoms in total. The van der Waals surface area contributed by atoms with Gasteiger partial charge < -0.3 is 10.1 Å². The zero-order valence-electron chi connectivity index (χ0n) is 17.5. The van der Waals surface area contributed by atoms with E-state index < -0.39 is 0 Å². The zero-order valence-corrected chi connectivity index (χ0v) is 18.3. The van der Waals surface area contributed by atoms with Crippen molar-refractivity contribution in [2.24, 2.45) is 0 Å². The van der Waals surface area contributed by atoms with E-state index in [0.717, 1.165) is 27.6 Å². The van der Waals surface area contributed by atoms with E-state index >= 15 is 0 Å². The Bertz CT molecular complexity index is 1090. The van der Waals surface area contributed by atoms with Crippen molar-refractivity contribution < 1.29 is 9.53 Å². The molecule has 0 atom stereocenters. The van der Waals surface area contributed by atoms with Gasteiger partial charge in [-0.3, -0.25) is 15.6 Å². The first-order chi connectivity index (χ1) is 15.2. The number of amides is 1. The van der Waals surface area contributed by atoms with Gasteiger partial charge in [-0.05, 0) is 42.0 Å². The highest BCUT2D eigenvalue weighted by Gasteiger charge is 2.22. The molecule has 1 saturated carbocycles. The smallest absolute Gasteiger partial charge is 0.252 e. The van der Waals surface area contributed by atoms with Crippen molar-refractivity contribution >= 4 is 28.7 Å². The average Bonchev–Trinajstić information content (AvgIpc) is 3.44. The molecule has 3 N–H and O–H groups in total. The Labute approximate surface area is 186 Å². The van der Waals surface area contributed by atoms with E-state index in [1.807, 2.05) is 11.4 Å². The van der Waals surface area contributed by atoms with E-state index in [2.05, 4.69) is 40.4 Å². The van der Waals surface area contributed by atoms with Crippen molar-refractivity contribution in [3.8, 4) is 16.3 Å². The van der Waals surface area contributed by atoms with Crippen LogP contribution in [0.15, 0.2) is 41.8 Å². The average molecular weight is 435 g/mol. The van der Waals surface area contributed by atoms with Gasteiger partial charge in [0.2, 0.25) is 0 Å². The number of hydrazine groups is 1. The monoisotopic (exact) mass is 434 g/mol. The molecule has 0 saturated heterocycles. The Balaban J connectivity index is 1.27. The van der Waals surface area contributed by atoms with Crippen LogP contribution in [-0.2, 0) is 6.54 Å². The summed E-state index contributed by atoms with van der Waals surface area (Å²) in [5.74, 6) is 2.00. The number of thiazole rings is 1. The zero-order chi connectivity index (χ0) is 21.2. The standard InChI is InChI=1S/C24H26N4O2S/c1-30-21-12-19-18(13-25-23(19)29)11-20(21)27-28-22-14-31-24(26-22)17-9-7-16(8-10-17)15-5-3-2-4-6-15/h7-12,14-15,27-28H,2-6,13H2,1H3,(H,25,29). The molecule has 1 fully saturated rings. The van der Waals surface area contributed by atoms with Crippen molar-refractivity contribution in [3.05, 3.63) is 58.5 Å². The number of carbonyl (C=O) groups excluding carboxylic acids is 1. The number of hydrogen-bond acceptors (Lipinski definition) is 6. The maximum Gasteiger partial charge on any atom is 0.252 e. The van der Waals surface area contributed by atoms with Crippen molar-refractivity contribution in [2.45, 2.75) is 44.6 Å². The van der Waals surface area contributed by atoms with E-state index in [-0.39, 0.29) is 5.91 Å². The second-order valence-electron chi connectivity index (χ2n) is 8.14. The molecule has 0 spiro atoms. The van der Waals surface area contributed by atoms with Crippen molar-refractivity contribution in [1.29, 1.82) is 0 Å². The third-order valence-electron chi connectivity index (χ3n) is 6.17. The summed E-state index contributed by atoms with van der Waals surface area (Å²) in [5.41, 5.74) is 11.3. The van der Waals surface area contributed by atoms with E-state index in [0.29, 0.717) is 23.8 Å². The Kier molecular flexibility index (Phi) is 5.51. The molecular weight excluding hydrogens is 408 g/mol. The molecule has 0 bridgehead atoms. The summed E-state index contributed by atoms with van der Waals surface area (Å²) in [6.45, 7) is 0.532. The van der Waals surface area contributed by atoms with Crippen molar-refractivity contribution in [2.75, 3.05) is 18.0 Å². The lowest BCUT2D eigenvalue weighted by atomic mass is 9.84. The van der Waals surface area contributed by atoms with Crippen molar-refractivity contribution in [1.82, 2.24) is 10.3 Å². The Morgan fingerprint density at radius 2 is 1.90 bits per heavy atom. The maximum absolute atomic E-state index is 11.9. The van der Waals surface area contributed by atoms with Crippen LogP contribution in [0, 0.1) is 0 Å². The summed E-state index contributed by atoms with van der Waals surface area (Å²) in [6, 6.07) is 12.6. The number of benzene rings is 2. The first-order valence-electron chi connectivity index (χ1n) is 10.8. The number of ether oxygens (including phenoxy) is 1. The van der Waals surface area contributed by atoms with Gasteiger partial charge in [-0.1, -0.05) is 43.5 Å². The van der Waals surface area contributed by atoms with E-state index in [4.69, 9.17) is 9.72 Å². The molecule has 2 aromatic carbocycles. The molecule has 2 aliphatic rings. The largest absolute Gasteiger partial charge is 0.494 e. The molecule has 5 rings (SSSR count). The van der Waals surface area contributed by atoms with Gasteiger partial charge in [0.05, 0.1) is 12.8 Å². The molecule has 3 aromatic rings. The minimum absolute atomic E-state index is 0.0635. The molecular formula is C24H26N4O2S. The molecule has 1 amide bonds. The van der Waals surface area contributed by atoms with Gasteiger partial charge in [0, 0.05) is 23.1 Å². The summed E-state index contributed by atoms with van der Waals surface area (Å²) in [7, 11) is 1.59. The lowest BCUT2D eigenvalue weighted by Gasteiger charge is -2.21. The lowest BCUT2D eigenvalue weighted by molar-refractivity contribution is 0.0965. The molecule has 2 heterocycles. The lowest BCUT2D eigenvalue weighted by Crippen LogP contribution is -2.12. The normalized spacial score (nSPS) is 16.0. The second kappa shape index (κ2) is 8.59. The number of anilines is 2. The number of rotatable bonds is 6. The summed E-state index contributed by atoms with van der Waals surface area (Å²) in [4.78, 5) is 16.6. The Morgan fingerprint density at radius 1 is 1.10 bits per heavy atom. The number of nitrogens with one attached hydrogen (secondary N) is 3. The minimum atomic E-state index is -0.0635. The van der Waals surface area contributed by atoms with Crippen LogP contribution in [0.2, 0.25) is 0 Å². The van der Waals surface area contributed by atoms with Gasteiger partial charge >= 0.3 is 0 Å². The molecule has 0 unspecified atom stereocenters. The molecule has 0 radical (unpaired) electrons. The highest BCUT2D eigenvalue weighted by Crippen LogP contribution is 2.35. The van der Waals surface area contributed by atoms with Crippen LogP contribution in [0.4, 0.5) is 11.5 Å². The van der Waals surface area contributed by atoms with Crippen LogP contribution in [0.5, 0.6) is 5.75 Å². The fraction of sp³-hybridized carbons (Fsp3) is 0.333. The van der Waals surface area contributed by atoms with Gasteiger partial charge in [-0.2, -0.15) is 0 Å². The molecule has 160 valence electrons. The Hall–Kier alpha value is -3.06. The molecule has 7 heteroatoms. The third-order valence-corrected chi connectivity index (χ3v) is 7.06. The van der Waals surface area contributed by atoms with Crippen LogP contribution in [0.3, 0.4) is 0 Å². The topological polar surface area (TPSA) is 75.3 Å². The predicted octanol–water partition coefficient (Wildman–Crippen LogP) is 5.55. The summed E-state index contributed by atoms with van der Waals surface area (Å²) in [5, 5.41) is 5.80. The number of carbonyl (C=O) groups is 1. The van der Waals surface area contributed by atoms with Crippen LogP contribution in [0.25, 0.3) is 10.6 Å². The maximum atomic E-state index is 11.9. The SMILES string of the molecule is COc1cc2c(cc1NNc1csc(-c3ccc(C4CCCCC4)cc3)n1)CNC2=O. The molecule has 1 aromatic heterocycles. The first-order valence-corrected chi connectivity index (χ1v) is 11.7. The number of methoxy groups -OCH3 is 1. The molecule has 1 aliphatic carbocycles. The van der Waals surface area contributed by atoms with Gasteiger partial charge in [-0.15, -0.1) is 11.3 Å². The summed E-state index contributed by atoms with van der Waals surface area (Å²) < 4.78 is 5.44. The van der Waals surface area contributed by atoms with Crippen LogP contribution < -0.4 is 20.9 Å². The van der Waals surface area contributed by atoms with E-state index in [1.165, 1.54) is 37.7 Å². The first kappa shape index (κ1) is 19.9. The Morgan fingerprint density at radius 3 is 2.68 bits per heavy atom. The fourth-order valence-electron chi connectivity index (χ4n) is 4.45. The number of hydrogen-bond donors (Lipinski definition) is 3.